The number of carbonyl (C=O) groups is 1. The second kappa shape index (κ2) is 10.3. The maximum atomic E-state index is 13.2. The van der Waals surface area contributed by atoms with Crippen molar-refractivity contribution < 1.29 is 62.0 Å². The predicted octanol–water partition coefficient (Wildman–Crippen LogP) is 7.43. The van der Waals surface area contributed by atoms with Crippen molar-refractivity contribution >= 4 is 27.5 Å². The summed E-state index contributed by atoms with van der Waals surface area (Å²) in [6.07, 6.45) is -15.5. The number of anilines is 2. The van der Waals surface area contributed by atoms with Gasteiger partial charge in [-0.1, -0.05) is 12.1 Å². The zero-order valence-electron chi connectivity index (χ0n) is 18.7. The maximum absolute atomic E-state index is 13.2. The molecule has 0 saturated heterocycles. The molecular formula is C22H13F9N2O5S. The lowest BCUT2D eigenvalue weighted by Crippen LogP contribution is -2.21. The van der Waals surface area contributed by atoms with E-state index in [9.17, 15) is 57.3 Å². The summed E-state index contributed by atoms with van der Waals surface area (Å²) in [6.45, 7) is 0. The Hall–Kier alpha value is -3.99. The number of alkyl halides is 9. The van der Waals surface area contributed by atoms with Crippen LogP contribution in [-0.2, 0) is 28.6 Å². The van der Waals surface area contributed by atoms with Crippen LogP contribution in [-0.4, -0.2) is 19.0 Å². The third-order valence-corrected chi connectivity index (χ3v) is 5.64. The fourth-order valence-corrected chi connectivity index (χ4v) is 3.69. The molecule has 0 saturated carbocycles. The van der Waals surface area contributed by atoms with E-state index in [4.69, 9.17) is 4.74 Å². The Bertz CT molecular complexity index is 1470. The van der Waals surface area contributed by atoms with E-state index in [1.807, 2.05) is 5.32 Å². The van der Waals surface area contributed by atoms with Crippen LogP contribution in [0.2, 0.25) is 0 Å². The van der Waals surface area contributed by atoms with Crippen LogP contribution < -0.4 is 15.4 Å². The molecule has 7 nitrogen and oxygen atoms in total. The van der Waals surface area contributed by atoms with Gasteiger partial charge in [0, 0.05) is 5.69 Å². The second-order valence-corrected chi connectivity index (χ2v) is 9.00. The molecule has 0 aromatic heterocycles. The van der Waals surface area contributed by atoms with Crippen molar-refractivity contribution in [3.05, 3.63) is 77.4 Å². The Morgan fingerprint density at radius 3 is 1.74 bits per heavy atom. The number of hydrogen-bond acceptors (Lipinski definition) is 4. The van der Waals surface area contributed by atoms with Crippen LogP contribution in [0.1, 0.15) is 16.7 Å². The van der Waals surface area contributed by atoms with E-state index in [1.165, 1.54) is 12.1 Å². The van der Waals surface area contributed by atoms with Gasteiger partial charge in [0.05, 0.1) is 22.4 Å². The van der Waals surface area contributed by atoms with Gasteiger partial charge in [0.25, 0.3) is 10.1 Å². The Morgan fingerprint density at radius 1 is 0.692 bits per heavy atom. The van der Waals surface area contributed by atoms with E-state index in [-0.39, 0.29) is 18.2 Å². The van der Waals surface area contributed by atoms with Crippen molar-refractivity contribution in [2.75, 3.05) is 10.6 Å². The van der Waals surface area contributed by atoms with Crippen molar-refractivity contribution in [3.8, 4) is 11.5 Å². The number of nitrogens with one attached hydrogen (secondary N) is 2. The molecule has 0 aliphatic rings. The molecule has 3 aromatic rings. The van der Waals surface area contributed by atoms with E-state index in [0.29, 0.717) is 18.2 Å². The largest absolute Gasteiger partial charge is 0.454 e. The van der Waals surface area contributed by atoms with Gasteiger partial charge < -0.3 is 15.4 Å². The molecule has 0 unspecified atom stereocenters. The number of carbonyl (C=O) groups excluding carboxylic acids is 1. The van der Waals surface area contributed by atoms with Crippen LogP contribution in [0.3, 0.4) is 0 Å². The standard InChI is InChI=1S/C22H13F9N2O5S/c23-20(24,25)11-5-6-16(38-17-3-1-2-4-18(17)39(35,36)37)15(10-11)33-19(34)32-14-8-12(21(26,27)28)7-13(9-14)22(29,30)31/h1-10H,(H2,32,33,34)(H,35,36,37). The van der Waals surface area contributed by atoms with Gasteiger partial charge in [-0.25, -0.2) is 4.79 Å². The van der Waals surface area contributed by atoms with Gasteiger partial charge in [-0.15, -0.1) is 0 Å². The molecule has 3 N–H and O–H groups in total. The van der Waals surface area contributed by atoms with Crippen molar-refractivity contribution in [1.29, 1.82) is 0 Å². The van der Waals surface area contributed by atoms with Gasteiger partial charge >= 0.3 is 24.6 Å². The number of hydrogen-bond donors (Lipinski definition) is 3. The number of amides is 2. The first kappa shape index (κ1) is 29.6. The molecule has 3 aromatic carbocycles. The summed E-state index contributed by atoms with van der Waals surface area (Å²) in [6, 6.07) is 4.33. The van der Waals surface area contributed by atoms with Gasteiger partial charge in [-0.05, 0) is 48.5 Å². The second-order valence-electron chi connectivity index (χ2n) is 7.61. The number of ether oxygens (including phenoxy) is 1. The number of para-hydroxylation sites is 1. The smallest absolute Gasteiger partial charge is 0.416 e. The molecule has 0 aliphatic heterocycles. The fourth-order valence-electron chi connectivity index (χ4n) is 3.07. The van der Waals surface area contributed by atoms with Crippen LogP contribution in [0.25, 0.3) is 0 Å². The molecule has 39 heavy (non-hydrogen) atoms. The first-order chi connectivity index (χ1) is 17.7. The predicted molar refractivity (Wildman–Crippen MR) is 117 cm³/mol. The monoisotopic (exact) mass is 588 g/mol. The van der Waals surface area contributed by atoms with E-state index < -0.39 is 79.1 Å². The summed E-state index contributed by atoms with van der Waals surface area (Å²) < 4.78 is 156. The topological polar surface area (TPSA) is 105 Å². The highest BCUT2D eigenvalue weighted by Crippen LogP contribution is 2.40. The molecule has 0 atom stereocenters. The van der Waals surface area contributed by atoms with Gasteiger partial charge in [0.2, 0.25) is 0 Å². The van der Waals surface area contributed by atoms with Gasteiger partial charge in [0.15, 0.2) is 5.75 Å². The van der Waals surface area contributed by atoms with Crippen molar-refractivity contribution in [3.63, 3.8) is 0 Å². The van der Waals surface area contributed by atoms with Gasteiger partial charge in [-0.2, -0.15) is 47.9 Å². The lowest BCUT2D eigenvalue weighted by Gasteiger charge is -2.17. The number of urea groups is 1. The third kappa shape index (κ3) is 7.53. The van der Waals surface area contributed by atoms with E-state index >= 15 is 0 Å². The van der Waals surface area contributed by atoms with E-state index in [1.54, 1.807) is 5.32 Å². The number of halogens is 9. The fraction of sp³-hybridized carbons (Fsp3) is 0.136. The van der Waals surface area contributed by atoms with Gasteiger partial charge in [-0.3, -0.25) is 4.55 Å². The summed E-state index contributed by atoms with van der Waals surface area (Å²) in [5.41, 5.74) is -6.70. The highest BCUT2D eigenvalue weighted by Gasteiger charge is 2.37. The van der Waals surface area contributed by atoms with Crippen LogP contribution in [0.15, 0.2) is 65.6 Å². The molecule has 210 valence electrons. The van der Waals surface area contributed by atoms with E-state index in [2.05, 4.69) is 0 Å². The van der Waals surface area contributed by atoms with E-state index in [0.717, 1.165) is 12.1 Å². The third-order valence-electron chi connectivity index (χ3n) is 4.75. The molecule has 0 bridgehead atoms. The highest BCUT2D eigenvalue weighted by atomic mass is 32.2. The van der Waals surface area contributed by atoms with Crippen molar-refractivity contribution in [2.45, 2.75) is 23.4 Å². The van der Waals surface area contributed by atoms with Crippen LogP contribution in [0.4, 0.5) is 55.7 Å². The summed E-state index contributed by atoms with van der Waals surface area (Å²) in [5.74, 6) is -1.22. The summed E-state index contributed by atoms with van der Waals surface area (Å²) in [5, 5.41) is 3.49. The molecule has 2 amide bonds. The minimum Gasteiger partial charge on any atom is -0.454 e. The number of rotatable bonds is 5. The molecule has 0 spiro atoms. The number of benzene rings is 3. The first-order valence-corrected chi connectivity index (χ1v) is 11.5. The Kier molecular flexibility index (Phi) is 7.80. The van der Waals surface area contributed by atoms with Crippen LogP contribution >= 0.6 is 0 Å². The molecule has 0 heterocycles. The van der Waals surface area contributed by atoms with Crippen molar-refractivity contribution in [2.24, 2.45) is 0 Å². The lowest BCUT2D eigenvalue weighted by atomic mass is 10.1. The Labute approximate surface area is 212 Å². The summed E-state index contributed by atoms with van der Waals surface area (Å²) in [7, 11) is -4.88. The molecular weight excluding hydrogens is 575 g/mol. The molecule has 0 aliphatic carbocycles. The lowest BCUT2D eigenvalue weighted by molar-refractivity contribution is -0.143. The van der Waals surface area contributed by atoms with Crippen LogP contribution in [0, 0.1) is 0 Å². The SMILES string of the molecule is O=C(Nc1cc(C(F)(F)F)cc(C(F)(F)F)c1)Nc1cc(C(F)(F)F)ccc1Oc1ccccc1S(=O)(=O)O. The zero-order chi connectivity index (χ0) is 29.4. The summed E-state index contributed by atoms with van der Waals surface area (Å²) >= 11 is 0. The molecule has 0 radical (unpaired) electrons. The highest BCUT2D eigenvalue weighted by molar-refractivity contribution is 7.86. The molecule has 3 rings (SSSR count). The maximum Gasteiger partial charge on any atom is 0.416 e. The minimum absolute atomic E-state index is 0.167. The average molecular weight is 588 g/mol. The normalized spacial score (nSPS) is 12.7. The summed E-state index contributed by atoms with van der Waals surface area (Å²) in [4.78, 5) is 11.6. The van der Waals surface area contributed by atoms with Crippen LogP contribution in [0.5, 0.6) is 11.5 Å². The Morgan fingerprint density at radius 2 is 1.23 bits per heavy atom. The average Bonchev–Trinajstić information content (AvgIpc) is 2.77. The zero-order valence-corrected chi connectivity index (χ0v) is 19.5. The van der Waals surface area contributed by atoms with Crippen molar-refractivity contribution in [1.82, 2.24) is 0 Å². The first-order valence-electron chi connectivity index (χ1n) is 10.1. The Balaban J connectivity index is 2.00. The molecule has 17 heteroatoms. The molecule has 0 fully saturated rings. The minimum atomic E-state index is -5.24. The quantitative estimate of drug-likeness (QED) is 0.213. The van der Waals surface area contributed by atoms with Gasteiger partial charge in [0.1, 0.15) is 10.6 Å².